The van der Waals surface area contributed by atoms with Crippen LogP contribution in [0.2, 0.25) is 0 Å². The number of hydrazone groups is 1. The van der Waals surface area contributed by atoms with Crippen molar-refractivity contribution in [1.82, 2.24) is 10.7 Å². The predicted octanol–water partition coefficient (Wildman–Crippen LogP) is 2.62. The number of hydrogen-bond donors (Lipinski definition) is 3. The van der Waals surface area contributed by atoms with Gasteiger partial charge < -0.3 is 24.5 Å². The highest BCUT2D eigenvalue weighted by atomic mass is 16.5. The maximum atomic E-state index is 12.3. The molecule has 0 fully saturated rings. The van der Waals surface area contributed by atoms with Crippen molar-refractivity contribution in [2.75, 3.05) is 19.5 Å². The quantitative estimate of drug-likeness (QED) is 0.267. The van der Waals surface area contributed by atoms with Gasteiger partial charge in [-0.1, -0.05) is 17.7 Å². The molecule has 176 valence electrons. The third kappa shape index (κ3) is 6.45. The molecular weight excluding hydrogens is 440 g/mol. The van der Waals surface area contributed by atoms with E-state index in [4.69, 9.17) is 13.9 Å². The second kappa shape index (κ2) is 11.3. The summed E-state index contributed by atoms with van der Waals surface area (Å²) in [4.78, 5) is 36.3. The van der Waals surface area contributed by atoms with Gasteiger partial charge in [0.15, 0.2) is 11.5 Å². The molecule has 34 heavy (non-hydrogen) atoms. The van der Waals surface area contributed by atoms with Gasteiger partial charge in [0, 0.05) is 11.3 Å². The van der Waals surface area contributed by atoms with Crippen LogP contribution in [0.4, 0.5) is 5.69 Å². The lowest BCUT2D eigenvalue weighted by Crippen LogP contribution is -2.34. The zero-order valence-corrected chi connectivity index (χ0v) is 18.9. The molecule has 0 atom stereocenters. The van der Waals surface area contributed by atoms with E-state index in [9.17, 15) is 14.4 Å². The number of furan rings is 1. The SMILES string of the molecule is COc1ccc(C(=O)N/N=C\c2ccc(CNC(=O)C(=O)Nc3ccc(C)cc3)o2)cc1OC. The summed E-state index contributed by atoms with van der Waals surface area (Å²) in [5.74, 6) is -0.347. The normalized spacial score (nSPS) is 10.6. The van der Waals surface area contributed by atoms with Crippen LogP contribution >= 0.6 is 0 Å². The summed E-state index contributed by atoms with van der Waals surface area (Å²) >= 11 is 0. The van der Waals surface area contributed by atoms with Crippen LogP contribution in [0.25, 0.3) is 0 Å². The van der Waals surface area contributed by atoms with Gasteiger partial charge in [-0.05, 0) is 49.4 Å². The number of rotatable bonds is 8. The largest absolute Gasteiger partial charge is 0.493 e. The lowest BCUT2D eigenvalue weighted by molar-refractivity contribution is -0.136. The summed E-state index contributed by atoms with van der Waals surface area (Å²) in [6.07, 6.45) is 1.31. The number of nitrogens with zero attached hydrogens (tertiary/aromatic N) is 1. The van der Waals surface area contributed by atoms with Crippen molar-refractivity contribution in [3.05, 3.63) is 77.2 Å². The highest BCUT2D eigenvalue weighted by Gasteiger charge is 2.14. The van der Waals surface area contributed by atoms with Crippen LogP contribution in [0.1, 0.15) is 27.4 Å². The third-order valence-electron chi connectivity index (χ3n) is 4.62. The molecule has 1 heterocycles. The Bertz CT molecular complexity index is 1200. The molecule has 0 aliphatic rings. The van der Waals surface area contributed by atoms with E-state index in [1.165, 1.54) is 26.5 Å². The van der Waals surface area contributed by atoms with Gasteiger partial charge in [0.25, 0.3) is 5.91 Å². The van der Waals surface area contributed by atoms with Crippen molar-refractivity contribution in [3.63, 3.8) is 0 Å². The Labute approximate surface area is 195 Å². The minimum Gasteiger partial charge on any atom is -0.493 e. The average Bonchev–Trinajstić information content (AvgIpc) is 3.30. The number of carbonyl (C=O) groups is 3. The fourth-order valence-corrected chi connectivity index (χ4v) is 2.83. The zero-order chi connectivity index (χ0) is 24.5. The monoisotopic (exact) mass is 464 g/mol. The van der Waals surface area contributed by atoms with Gasteiger partial charge in [0.05, 0.1) is 27.0 Å². The summed E-state index contributed by atoms with van der Waals surface area (Å²) in [5.41, 5.74) is 4.29. The van der Waals surface area contributed by atoms with E-state index in [2.05, 4.69) is 21.2 Å². The smallest absolute Gasteiger partial charge is 0.313 e. The first-order valence-electron chi connectivity index (χ1n) is 10.2. The van der Waals surface area contributed by atoms with Crippen LogP contribution in [-0.2, 0) is 16.1 Å². The lowest BCUT2D eigenvalue weighted by atomic mass is 10.2. The van der Waals surface area contributed by atoms with Crippen LogP contribution in [0.5, 0.6) is 11.5 Å². The topological polar surface area (TPSA) is 131 Å². The second-order valence-electron chi connectivity index (χ2n) is 7.08. The van der Waals surface area contributed by atoms with E-state index in [0.29, 0.717) is 34.3 Å². The molecule has 3 N–H and O–H groups in total. The Balaban J connectivity index is 1.48. The first kappa shape index (κ1) is 24.1. The molecule has 3 amide bonds. The fraction of sp³-hybridized carbons (Fsp3) is 0.167. The number of methoxy groups -OCH3 is 2. The second-order valence-corrected chi connectivity index (χ2v) is 7.08. The van der Waals surface area contributed by atoms with Crippen molar-refractivity contribution in [1.29, 1.82) is 0 Å². The Kier molecular flexibility index (Phi) is 8.01. The van der Waals surface area contributed by atoms with Crippen molar-refractivity contribution in [2.24, 2.45) is 5.10 Å². The predicted molar refractivity (Wildman–Crippen MR) is 125 cm³/mol. The molecule has 3 rings (SSSR count). The molecule has 0 bridgehead atoms. The maximum Gasteiger partial charge on any atom is 0.313 e. The molecule has 0 saturated heterocycles. The standard InChI is InChI=1S/C24H24N4O6/c1-15-4-7-17(8-5-15)27-24(31)23(30)25-13-18-9-10-19(34-18)14-26-28-22(29)16-6-11-20(32-2)21(12-16)33-3/h4-12,14H,13H2,1-3H3,(H,25,30)(H,27,31)(H,28,29)/b26-14-. The molecule has 2 aromatic carbocycles. The van der Waals surface area contributed by atoms with Gasteiger partial charge in [0.1, 0.15) is 11.5 Å². The molecule has 0 saturated carbocycles. The summed E-state index contributed by atoms with van der Waals surface area (Å²) < 4.78 is 15.8. The van der Waals surface area contributed by atoms with Crippen LogP contribution in [-0.4, -0.2) is 38.2 Å². The van der Waals surface area contributed by atoms with Gasteiger partial charge in [-0.3, -0.25) is 14.4 Å². The van der Waals surface area contributed by atoms with Gasteiger partial charge in [0.2, 0.25) is 0 Å². The number of carbonyl (C=O) groups excluding carboxylic acids is 3. The Morgan fingerprint density at radius 2 is 1.68 bits per heavy atom. The van der Waals surface area contributed by atoms with E-state index in [1.54, 1.807) is 36.4 Å². The number of benzene rings is 2. The number of ether oxygens (including phenoxy) is 2. The van der Waals surface area contributed by atoms with Crippen molar-refractivity contribution in [2.45, 2.75) is 13.5 Å². The lowest BCUT2D eigenvalue weighted by Gasteiger charge is -2.08. The Morgan fingerprint density at radius 1 is 0.941 bits per heavy atom. The zero-order valence-electron chi connectivity index (χ0n) is 18.9. The van der Waals surface area contributed by atoms with E-state index in [0.717, 1.165) is 5.56 Å². The highest BCUT2D eigenvalue weighted by molar-refractivity contribution is 6.39. The Hall–Kier alpha value is -4.60. The molecule has 10 nitrogen and oxygen atoms in total. The minimum atomic E-state index is -0.797. The minimum absolute atomic E-state index is 0.00595. The highest BCUT2D eigenvalue weighted by Crippen LogP contribution is 2.27. The molecule has 0 spiro atoms. The van der Waals surface area contributed by atoms with Crippen LogP contribution < -0.4 is 25.5 Å². The number of amides is 3. The van der Waals surface area contributed by atoms with E-state index >= 15 is 0 Å². The van der Waals surface area contributed by atoms with Gasteiger partial charge in [-0.15, -0.1) is 0 Å². The number of hydrogen-bond acceptors (Lipinski definition) is 7. The summed E-state index contributed by atoms with van der Waals surface area (Å²) in [5, 5.41) is 8.86. The number of aryl methyl sites for hydroxylation is 1. The first-order chi connectivity index (χ1) is 16.4. The van der Waals surface area contributed by atoms with E-state index in [1.807, 2.05) is 19.1 Å². The van der Waals surface area contributed by atoms with E-state index < -0.39 is 17.7 Å². The van der Waals surface area contributed by atoms with Crippen molar-refractivity contribution < 1.29 is 28.3 Å². The third-order valence-corrected chi connectivity index (χ3v) is 4.62. The molecule has 0 unspecified atom stereocenters. The fourth-order valence-electron chi connectivity index (χ4n) is 2.83. The van der Waals surface area contributed by atoms with Crippen LogP contribution in [0.15, 0.2) is 64.1 Å². The molecular formula is C24H24N4O6. The maximum absolute atomic E-state index is 12.3. The molecule has 0 aliphatic heterocycles. The molecule has 3 aromatic rings. The Morgan fingerprint density at radius 3 is 2.38 bits per heavy atom. The molecule has 1 aromatic heterocycles. The van der Waals surface area contributed by atoms with Gasteiger partial charge >= 0.3 is 11.8 Å². The van der Waals surface area contributed by atoms with Gasteiger partial charge in [-0.2, -0.15) is 5.10 Å². The van der Waals surface area contributed by atoms with Gasteiger partial charge in [-0.25, -0.2) is 5.43 Å². The summed E-state index contributed by atoms with van der Waals surface area (Å²) in [6.45, 7) is 1.93. The molecule has 10 heteroatoms. The van der Waals surface area contributed by atoms with Crippen molar-refractivity contribution in [3.8, 4) is 11.5 Å². The summed E-state index contributed by atoms with van der Waals surface area (Å²) in [7, 11) is 2.98. The molecule has 0 aliphatic carbocycles. The van der Waals surface area contributed by atoms with Crippen molar-refractivity contribution >= 4 is 29.6 Å². The van der Waals surface area contributed by atoms with E-state index in [-0.39, 0.29) is 6.54 Å². The van der Waals surface area contributed by atoms with Crippen LogP contribution in [0.3, 0.4) is 0 Å². The average molecular weight is 464 g/mol. The summed E-state index contributed by atoms with van der Waals surface area (Å²) in [6, 6.07) is 15.0. The first-order valence-corrected chi connectivity index (χ1v) is 10.2. The van der Waals surface area contributed by atoms with Crippen LogP contribution in [0, 0.1) is 6.92 Å². The molecule has 0 radical (unpaired) electrons. The number of nitrogens with one attached hydrogen (secondary N) is 3. The number of anilines is 1.